The predicted octanol–water partition coefficient (Wildman–Crippen LogP) is 1.18. The molecular weight excluding hydrogens is 232 g/mol. The molecule has 0 atom stereocenters. The number of ether oxygens (including phenoxy) is 1. The van der Waals surface area contributed by atoms with Gasteiger partial charge in [0.2, 0.25) is 5.91 Å². The lowest BCUT2D eigenvalue weighted by Crippen LogP contribution is -2.24. The minimum atomic E-state index is -0.456. The quantitative estimate of drug-likeness (QED) is 0.644. The number of rotatable bonds is 3. The third-order valence-electron chi connectivity index (χ3n) is 3.07. The highest BCUT2D eigenvalue weighted by Crippen LogP contribution is 2.19. The molecular formula is C13H16N2O3. The van der Waals surface area contributed by atoms with Crippen LogP contribution in [0.4, 0.5) is 5.69 Å². The van der Waals surface area contributed by atoms with Crippen LogP contribution < -0.4 is 5.73 Å². The molecule has 0 bridgehead atoms. The summed E-state index contributed by atoms with van der Waals surface area (Å²) in [5.74, 6) is -0.298. The van der Waals surface area contributed by atoms with Crippen LogP contribution in [0.3, 0.4) is 0 Å². The van der Waals surface area contributed by atoms with Crippen molar-refractivity contribution in [2.75, 3.05) is 19.4 Å². The molecule has 0 aliphatic carbocycles. The summed E-state index contributed by atoms with van der Waals surface area (Å²) in [5.41, 5.74) is 7.34. The zero-order valence-corrected chi connectivity index (χ0v) is 10.3. The number of likely N-dealkylation sites (tertiary alicyclic amines) is 1. The standard InChI is InChI=1S/C13H16N2O3/c1-18-13(17)10-7-9(4-5-11(10)14)8-15-6-2-3-12(15)16/h4-5,7H,2-3,6,8,14H2,1H3. The van der Waals surface area contributed by atoms with E-state index in [1.165, 1.54) is 7.11 Å². The summed E-state index contributed by atoms with van der Waals surface area (Å²) >= 11 is 0. The normalized spacial score (nSPS) is 14.9. The largest absolute Gasteiger partial charge is 0.465 e. The Kier molecular flexibility index (Phi) is 3.50. The van der Waals surface area contributed by atoms with Gasteiger partial charge in [0.25, 0.3) is 0 Å². The summed E-state index contributed by atoms with van der Waals surface area (Å²) in [4.78, 5) is 24.8. The number of nitrogens with two attached hydrogens (primary N) is 1. The van der Waals surface area contributed by atoms with E-state index < -0.39 is 5.97 Å². The first kappa shape index (κ1) is 12.4. The van der Waals surface area contributed by atoms with Crippen molar-refractivity contribution in [2.45, 2.75) is 19.4 Å². The number of carbonyl (C=O) groups excluding carboxylic acids is 2. The second kappa shape index (κ2) is 5.08. The summed E-state index contributed by atoms with van der Waals surface area (Å²) in [6.07, 6.45) is 1.51. The number of anilines is 1. The van der Waals surface area contributed by atoms with Gasteiger partial charge in [0.05, 0.1) is 12.7 Å². The van der Waals surface area contributed by atoms with Crippen LogP contribution in [0.5, 0.6) is 0 Å². The molecule has 96 valence electrons. The lowest BCUT2D eigenvalue weighted by molar-refractivity contribution is -0.128. The molecule has 0 saturated carbocycles. The summed E-state index contributed by atoms with van der Waals surface area (Å²) < 4.78 is 4.66. The number of methoxy groups -OCH3 is 1. The van der Waals surface area contributed by atoms with Gasteiger partial charge in [-0.05, 0) is 24.1 Å². The fourth-order valence-corrected chi connectivity index (χ4v) is 2.08. The summed E-state index contributed by atoms with van der Waals surface area (Å²) in [6.45, 7) is 1.29. The second-order valence-electron chi connectivity index (χ2n) is 4.33. The van der Waals surface area contributed by atoms with Crippen LogP contribution >= 0.6 is 0 Å². The number of nitrogens with zero attached hydrogens (tertiary/aromatic N) is 1. The first-order chi connectivity index (χ1) is 8.61. The molecule has 1 aromatic rings. The van der Waals surface area contributed by atoms with E-state index in [9.17, 15) is 9.59 Å². The van der Waals surface area contributed by atoms with Crippen molar-refractivity contribution in [1.29, 1.82) is 0 Å². The molecule has 1 fully saturated rings. The van der Waals surface area contributed by atoms with Crippen molar-refractivity contribution >= 4 is 17.6 Å². The van der Waals surface area contributed by atoms with E-state index in [1.807, 2.05) is 6.07 Å². The van der Waals surface area contributed by atoms with Gasteiger partial charge in [0.15, 0.2) is 0 Å². The molecule has 1 saturated heterocycles. The van der Waals surface area contributed by atoms with Gasteiger partial charge in [-0.15, -0.1) is 0 Å². The first-order valence-electron chi connectivity index (χ1n) is 5.86. The minimum Gasteiger partial charge on any atom is -0.465 e. The Morgan fingerprint density at radius 3 is 2.89 bits per heavy atom. The van der Waals surface area contributed by atoms with Crippen LogP contribution in [0.1, 0.15) is 28.8 Å². The van der Waals surface area contributed by atoms with E-state index in [1.54, 1.807) is 17.0 Å². The molecule has 0 spiro atoms. The highest BCUT2D eigenvalue weighted by atomic mass is 16.5. The van der Waals surface area contributed by atoms with E-state index in [-0.39, 0.29) is 5.91 Å². The maximum Gasteiger partial charge on any atom is 0.339 e. The Bertz CT molecular complexity index is 485. The molecule has 1 aromatic carbocycles. The van der Waals surface area contributed by atoms with Crippen molar-refractivity contribution in [3.8, 4) is 0 Å². The number of nitrogen functional groups attached to an aromatic ring is 1. The lowest BCUT2D eigenvalue weighted by atomic mass is 10.1. The molecule has 18 heavy (non-hydrogen) atoms. The molecule has 1 heterocycles. The monoisotopic (exact) mass is 248 g/mol. The van der Waals surface area contributed by atoms with Crippen LogP contribution in [0.15, 0.2) is 18.2 Å². The van der Waals surface area contributed by atoms with E-state index in [4.69, 9.17) is 5.73 Å². The highest BCUT2D eigenvalue weighted by Gasteiger charge is 2.20. The number of hydrogen-bond donors (Lipinski definition) is 1. The summed E-state index contributed by atoms with van der Waals surface area (Å²) in [6, 6.07) is 5.18. The maximum absolute atomic E-state index is 11.5. The van der Waals surface area contributed by atoms with Crippen molar-refractivity contribution in [2.24, 2.45) is 0 Å². The highest BCUT2D eigenvalue weighted by molar-refractivity contribution is 5.95. The van der Waals surface area contributed by atoms with E-state index in [0.29, 0.717) is 24.2 Å². The van der Waals surface area contributed by atoms with Crippen molar-refractivity contribution < 1.29 is 14.3 Å². The molecule has 0 aromatic heterocycles. The Labute approximate surface area is 106 Å². The van der Waals surface area contributed by atoms with Gasteiger partial charge in [-0.1, -0.05) is 6.07 Å². The van der Waals surface area contributed by atoms with Crippen LogP contribution in [-0.4, -0.2) is 30.4 Å². The van der Waals surface area contributed by atoms with E-state index in [0.717, 1.165) is 18.5 Å². The van der Waals surface area contributed by atoms with Gasteiger partial charge in [0.1, 0.15) is 0 Å². The number of esters is 1. The number of amides is 1. The fraction of sp³-hybridized carbons (Fsp3) is 0.385. The Morgan fingerprint density at radius 1 is 1.50 bits per heavy atom. The lowest BCUT2D eigenvalue weighted by Gasteiger charge is -2.16. The Hall–Kier alpha value is -2.04. The predicted molar refractivity (Wildman–Crippen MR) is 66.8 cm³/mol. The van der Waals surface area contributed by atoms with Crippen LogP contribution in [0.2, 0.25) is 0 Å². The molecule has 1 aliphatic rings. The molecule has 0 unspecified atom stereocenters. The van der Waals surface area contributed by atoms with Gasteiger partial charge in [-0.25, -0.2) is 4.79 Å². The zero-order valence-electron chi connectivity index (χ0n) is 10.3. The fourth-order valence-electron chi connectivity index (χ4n) is 2.08. The van der Waals surface area contributed by atoms with Crippen LogP contribution in [0.25, 0.3) is 0 Å². The molecule has 5 heteroatoms. The molecule has 2 rings (SSSR count). The van der Waals surface area contributed by atoms with E-state index in [2.05, 4.69) is 4.74 Å². The van der Waals surface area contributed by atoms with Crippen LogP contribution in [0, 0.1) is 0 Å². The van der Waals surface area contributed by atoms with Gasteiger partial charge >= 0.3 is 5.97 Å². The number of carbonyl (C=O) groups is 2. The average Bonchev–Trinajstić information content (AvgIpc) is 2.76. The van der Waals surface area contributed by atoms with Gasteiger partial charge in [-0.3, -0.25) is 4.79 Å². The average molecular weight is 248 g/mol. The number of benzene rings is 1. The molecule has 5 nitrogen and oxygen atoms in total. The number of hydrogen-bond acceptors (Lipinski definition) is 4. The topological polar surface area (TPSA) is 72.6 Å². The third kappa shape index (κ3) is 2.45. The third-order valence-corrected chi connectivity index (χ3v) is 3.07. The first-order valence-corrected chi connectivity index (χ1v) is 5.86. The van der Waals surface area contributed by atoms with Crippen molar-refractivity contribution in [3.05, 3.63) is 29.3 Å². The Balaban J connectivity index is 2.19. The van der Waals surface area contributed by atoms with E-state index >= 15 is 0 Å². The SMILES string of the molecule is COC(=O)c1cc(CN2CCCC2=O)ccc1N. The summed E-state index contributed by atoms with van der Waals surface area (Å²) in [5, 5.41) is 0. The zero-order chi connectivity index (χ0) is 13.1. The van der Waals surface area contributed by atoms with Crippen LogP contribution in [-0.2, 0) is 16.1 Å². The second-order valence-corrected chi connectivity index (χ2v) is 4.33. The maximum atomic E-state index is 11.5. The van der Waals surface area contributed by atoms with Gasteiger partial charge in [0, 0.05) is 25.2 Å². The van der Waals surface area contributed by atoms with Crippen molar-refractivity contribution in [3.63, 3.8) is 0 Å². The molecule has 1 amide bonds. The van der Waals surface area contributed by atoms with Crippen molar-refractivity contribution in [1.82, 2.24) is 4.90 Å². The summed E-state index contributed by atoms with van der Waals surface area (Å²) in [7, 11) is 1.32. The minimum absolute atomic E-state index is 0.159. The smallest absolute Gasteiger partial charge is 0.339 e. The van der Waals surface area contributed by atoms with Gasteiger partial charge < -0.3 is 15.4 Å². The molecule has 2 N–H and O–H groups in total. The molecule has 0 radical (unpaired) electrons. The van der Waals surface area contributed by atoms with Gasteiger partial charge in [-0.2, -0.15) is 0 Å². The Morgan fingerprint density at radius 2 is 2.28 bits per heavy atom. The molecule has 1 aliphatic heterocycles.